The number of benzene rings is 1. The molecule has 0 spiro atoms. The standard InChI is InChI=1S/C19H28N4O8/c1-9(20)16(27)21-13(7-11-3-5-12(26)6-4-11)17(28)22-14(8-24)18(29)23-15(10(2)25)19(30)31/h3-6,9-10,13-15,24-26H,7-8,20H2,1-2H3,(H,21,27)(H,22,28)(H,23,29)(H,30,31). The van der Waals surface area contributed by atoms with Gasteiger partial charge in [0.25, 0.3) is 0 Å². The number of carbonyl (C=O) groups is 4. The lowest BCUT2D eigenvalue weighted by atomic mass is 10.0. The van der Waals surface area contributed by atoms with Crippen molar-refractivity contribution in [3.63, 3.8) is 0 Å². The minimum Gasteiger partial charge on any atom is -0.508 e. The van der Waals surface area contributed by atoms with Gasteiger partial charge in [0.05, 0.1) is 18.8 Å². The largest absolute Gasteiger partial charge is 0.508 e. The van der Waals surface area contributed by atoms with Crippen molar-refractivity contribution < 1.29 is 39.6 Å². The van der Waals surface area contributed by atoms with Gasteiger partial charge < -0.3 is 42.1 Å². The second-order valence-corrected chi connectivity index (χ2v) is 7.03. The van der Waals surface area contributed by atoms with Gasteiger partial charge in [-0.2, -0.15) is 0 Å². The van der Waals surface area contributed by atoms with Gasteiger partial charge in [0, 0.05) is 6.42 Å². The third-order valence-corrected chi connectivity index (χ3v) is 4.28. The lowest BCUT2D eigenvalue weighted by Crippen LogP contribution is -2.59. The highest BCUT2D eigenvalue weighted by atomic mass is 16.4. The molecule has 31 heavy (non-hydrogen) atoms. The van der Waals surface area contributed by atoms with Crippen LogP contribution in [-0.4, -0.2) is 81.0 Å². The molecule has 12 heteroatoms. The van der Waals surface area contributed by atoms with Gasteiger partial charge in [-0.1, -0.05) is 12.1 Å². The van der Waals surface area contributed by atoms with E-state index < -0.39 is 60.6 Å². The molecule has 5 unspecified atom stereocenters. The fourth-order valence-electron chi connectivity index (χ4n) is 2.49. The Morgan fingerprint density at radius 3 is 1.90 bits per heavy atom. The van der Waals surface area contributed by atoms with Crippen molar-refractivity contribution >= 4 is 23.7 Å². The number of amides is 3. The molecule has 0 fully saturated rings. The minimum atomic E-state index is -1.65. The van der Waals surface area contributed by atoms with Crippen LogP contribution in [0.1, 0.15) is 19.4 Å². The molecule has 0 aliphatic rings. The van der Waals surface area contributed by atoms with Gasteiger partial charge >= 0.3 is 5.97 Å². The highest BCUT2D eigenvalue weighted by Crippen LogP contribution is 2.11. The summed E-state index contributed by atoms with van der Waals surface area (Å²) in [7, 11) is 0. The minimum absolute atomic E-state index is 0.00693. The Hall–Kier alpha value is -3.22. The number of aromatic hydroxyl groups is 1. The van der Waals surface area contributed by atoms with Crippen LogP contribution in [0.25, 0.3) is 0 Å². The second kappa shape index (κ2) is 11.8. The maximum Gasteiger partial charge on any atom is 0.328 e. The van der Waals surface area contributed by atoms with Crippen LogP contribution in [0.4, 0.5) is 0 Å². The fraction of sp³-hybridized carbons (Fsp3) is 0.474. The molecule has 0 saturated heterocycles. The van der Waals surface area contributed by atoms with Crippen molar-refractivity contribution in [1.82, 2.24) is 16.0 Å². The Morgan fingerprint density at radius 1 is 0.935 bits per heavy atom. The summed E-state index contributed by atoms with van der Waals surface area (Å²) in [4.78, 5) is 48.1. The Kier molecular flexibility index (Phi) is 9.86. The summed E-state index contributed by atoms with van der Waals surface area (Å²) in [6, 6.07) is 0.555. The molecule has 0 bridgehead atoms. The normalized spacial score (nSPS) is 15.6. The third kappa shape index (κ3) is 8.20. The first kappa shape index (κ1) is 25.8. The van der Waals surface area contributed by atoms with Crippen LogP contribution in [0.5, 0.6) is 5.75 Å². The molecule has 1 aromatic carbocycles. The van der Waals surface area contributed by atoms with Crippen LogP contribution in [0.3, 0.4) is 0 Å². The molecule has 12 nitrogen and oxygen atoms in total. The maximum absolute atomic E-state index is 12.7. The van der Waals surface area contributed by atoms with E-state index in [2.05, 4.69) is 10.6 Å². The van der Waals surface area contributed by atoms with E-state index >= 15 is 0 Å². The zero-order chi connectivity index (χ0) is 23.7. The molecule has 172 valence electrons. The van der Waals surface area contributed by atoms with Crippen LogP contribution >= 0.6 is 0 Å². The van der Waals surface area contributed by atoms with Crippen molar-refractivity contribution in [3.8, 4) is 5.75 Å². The van der Waals surface area contributed by atoms with Crippen molar-refractivity contribution in [3.05, 3.63) is 29.8 Å². The molecule has 3 amide bonds. The van der Waals surface area contributed by atoms with Gasteiger partial charge in [-0.25, -0.2) is 4.79 Å². The van der Waals surface area contributed by atoms with Gasteiger partial charge in [-0.05, 0) is 31.5 Å². The second-order valence-electron chi connectivity index (χ2n) is 7.03. The number of aliphatic hydroxyl groups is 2. The van der Waals surface area contributed by atoms with E-state index in [-0.39, 0.29) is 12.2 Å². The maximum atomic E-state index is 12.7. The number of phenols is 1. The van der Waals surface area contributed by atoms with E-state index in [9.17, 15) is 34.5 Å². The number of carboxylic acid groups (broad SMARTS) is 1. The van der Waals surface area contributed by atoms with E-state index in [1.807, 2.05) is 5.32 Å². The van der Waals surface area contributed by atoms with Gasteiger partial charge in [0.1, 0.15) is 17.8 Å². The topological polar surface area (TPSA) is 211 Å². The molecule has 0 aromatic heterocycles. The summed E-state index contributed by atoms with van der Waals surface area (Å²) in [6.07, 6.45) is -1.44. The summed E-state index contributed by atoms with van der Waals surface area (Å²) in [6.45, 7) is 1.70. The highest BCUT2D eigenvalue weighted by molar-refractivity contribution is 5.94. The van der Waals surface area contributed by atoms with Gasteiger partial charge in [-0.15, -0.1) is 0 Å². The number of carboxylic acids is 1. The molecule has 0 saturated carbocycles. The SMILES string of the molecule is CC(N)C(=O)NC(Cc1ccc(O)cc1)C(=O)NC(CO)C(=O)NC(C(=O)O)C(C)O. The van der Waals surface area contributed by atoms with Crippen LogP contribution in [-0.2, 0) is 25.6 Å². The summed E-state index contributed by atoms with van der Waals surface area (Å²) < 4.78 is 0. The molecule has 9 N–H and O–H groups in total. The number of hydrogen-bond acceptors (Lipinski definition) is 8. The summed E-state index contributed by atoms with van der Waals surface area (Å²) in [5, 5.41) is 44.1. The van der Waals surface area contributed by atoms with E-state index in [0.717, 1.165) is 6.92 Å². The lowest BCUT2D eigenvalue weighted by Gasteiger charge is -2.24. The molecule has 5 atom stereocenters. The van der Waals surface area contributed by atoms with Crippen LogP contribution in [0.2, 0.25) is 0 Å². The van der Waals surface area contributed by atoms with E-state index in [4.69, 9.17) is 10.8 Å². The quantitative estimate of drug-likeness (QED) is 0.178. The number of hydrogen-bond donors (Lipinski definition) is 8. The number of rotatable bonds is 11. The molecule has 1 aromatic rings. The zero-order valence-electron chi connectivity index (χ0n) is 17.1. The number of phenolic OH excluding ortho intramolecular Hbond substituents is 1. The van der Waals surface area contributed by atoms with Crippen molar-refractivity contribution in [2.45, 2.75) is 50.5 Å². The highest BCUT2D eigenvalue weighted by Gasteiger charge is 2.31. The number of nitrogens with one attached hydrogen (secondary N) is 3. The summed E-state index contributed by atoms with van der Waals surface area (Å²) in [5.41, 5.74) is 6.10. The molecular weight excluding hydrogens is 412 g/mol. The first-order valence-electron chi connectivity index (χ1n) is 9.42. The average Bonchev–Trinajstić information content (AvgIpc) is 2.70. The Labute approximate surface area is 178 Å². The third-order valence-electron chi connectivity index (χ3n) is 4.28. The molecule has 0 radical (unpaired) electrons. The molecule has 0 aliphatic heterocycles. The van der Waals surface area contributed by atoms with Crippen LogP contribution < -0.4 is 21.7 Å². The molecule has 0 aliphatic carbocycles. The molecule has 1 rings (SSSR count). The van der Waals surface area contributed by atoms with Gasteiger partial charge in [0.15, 0.2) is 6.04 Å². The number of aliphatic hydroxyl groups excluding tert-OH is 2. The van der Waals surface area contributed by atoms with Crippen molar-refractivity contribution in [1.29, 1.82) is 0 Å². The first-order chi connectivity index (χ1) is 14.5. The van der Waals surface area contributed by atoms with Gasteiger partial charge in [-0.3, -0.25) is 14.4 Å². The van der Waals surface area contributed by atoms with E-state index in [0.29, 0.717) is 5.56 Å². The lowest BCUT2D eigenvalue weighted by molar-refractivity contribution is -0.145. The molecular formula is C19H28N4O8. The van der Waals surface area contributed by atoms with Crippen molar-refractivity contribution in [2.24, 2.45) is 5.73 Å². The zero-order valence-corrected chi connectivity index (χ0v) is 17.1. The Balaban J connectivity index is 2.97. The van der Waals surface area contributed by atoms with Crippen LogP contribution in [0, 0.1) is 0 Å². The first-order valence-corrected chi connectivity index (χ1v) is 9.42. The van der Waals surface area contributed by atoms with E-state index in [1.54, 1.807) is 0 Å². The summed E-state index contributed by atoms with van der Waals surface area (Å²) >= 11 is 0. The Morgan fingerprint density at radius 2 is 1.45 bits per heavy atom. The number of carbonyl (C=O) groups excluding carboxylic acids is 3. The monoisotopic (exact) mass is 440 g/mol. The summed E-state index contributed by atoms with van der Waals surface area (Å²) in [5.74, 6) is -4.00. The van der Waals surface area contributed by atoms with Gasteiger partial charge in [0.2, 0.25) is 17.7 Å². The predicted octanol–water partition coefficient (Wildman–Crippen LogP) is -2.81. The predicted molar refractivity (Wildman–Crippen MR) is 108 cm³/mol. The fourth-order valence-corrected chi connectivity index (χ4v) is 2.49. The van der Waals surface area contributed by atoms with Crippen molar-refractivity contribution in [2.75, 3.05) is 6.61 Å². The average molecular weight is 440 g/mol. The molecule has 0 heterocycles. The van der Waals surface area contributed by atoms with Crippen LogP contribution in [0.15, 0.2) is 24.3 Å². The number of nitrogens with two attached hydrogens (primary N) is 1. The van der Waals surface area contributed by atoms with E-state index in [1.165, 1.54) is 31.2 Å². The number of aliphatic carboxylic acids is 1. The smallest absolute Gasteiger partial charge is 0.328 e. The Bertz CT molecular complexity index is 782.